The van der Waals surface area contributed by atoms with Crippen molar-refractivity contribution >= 4 is 17.5 Å². The molecule has 0 saturated heterocycles. The molecular weight excluding hydrogens is 272 g/mol. The molecule has 0 aliphatic rings. The third kappa shape index (κ3) is 3.83. The van der Waals surface area contributed by atoms with Gasteiger partial charge in [0.25, 0.3) is 5.91 Å². The summed E-state index contributed by atoms with van der Waals surface area (Å²) in [6.45, 7) is 1.03. The standard InChI is InChI=1S/C16H17ClN2O/c17-15-4-2-1-3-14(15)11-19-16(20)13-7-5-12(6-8-13)9-10-18/h1-8H,9-11,18H2,(H,19,20). The lowest BCUT2D eigenvalue weighted by Crippen LogP contribution is -2.22. The van der Waals surface area contributed by atoms with Crippen LogP contribution < -0.4 is 11.1 Å². The second-order valence-corrected chi connectivity index (χ2v) is 4.92. The molecule has 0 aliphatic carbocycles. The van der Waals surface area contributed by atoms with E-state index in [-0.39, 0.29) is 5.91 Å². The number of halogens is 1. The van der Waals surface area contributed by atoms with Crippen LogP contribution in [0.4, 0.5) is 0 Å². The van der Waals surface area contributed by atoms with Crippen molar-refractivity contribution in [2.75, 3.05) is 6.54 Å². The third-order valence-electron chi connectivity index (χ3n) is 3.05. The molecule has 0 aromatic heterocycles. The van der Waals surface area contributed by atoms with Gasteiger partial charge in [0.1, 0.15) is 0 Å². The summed E-state index contributed by atoms with van der Waals surface area (Å²) in [7, 11) is 0. The van der Waals surface area contributed by atoms with Crippen LogP contribution >= 0.6 is 11.6 Å². The Morgan fingerprint density at radius 2 is 1.80 bits per heavy atom. The van der Waals surface area contributed by atoms with Gasteiger partial charge >= 0.3 is 0 Å². The number of rotatable bonds is 5. The molecule has 0 saturated carbocycles. The van der Waals surface area contributed by atoms with Crippen molar-refractivity contribution in [2.45, 2.75) is 13.0 Å². The number of nitrogens with two attached hydrogens (primary N) is 1. The van der Waals surface area contributed by atoms with Crippen molar-refractivity contribution in [3.63, 3.8) is 0 Å². The summed E-state index contributed by atoms with van der Waals surface area (Å²) < 4.78 is 0. The van der Waals surface area contributed by atoms with Gasteiger partial charge in [-0.15, -0.1) is 0 Å². The molecule has 0 radical (unpaired) electrons. The Labute approximate surface area is 123 Å². The quantitative estimate of drug-likeness (QED) is 0.889. The maximum absolute atomic E-state index is 12.0. The van der Waals surface area contributed by atoms with Gasteiger partial charge in [0.2, 0.25) is 0 Å². The highest BCUT2D eigenvalue weighted by Crippen LogP contribution is 2.14. The minimum absolute atomic E-state index is 0.107. The Bertz CT molecular complexity index is 581. The summed E-state index contributed by atoms with van der Waals surface area (Å²) in [5.74, 6) is -0.107. The molecule has 0 fully saturated rings. The lowest BCUT2D eigenvalue weighted by atomic mass is 10.1. The van der Waals surface area contributed by atoms with Gasteiger partial charge in [0.05, 0.1) is 0 Å². The maximum atomic E-state index is 12.0. The van der Waals surface area contributed by atoms with Gasteiger partial charge in [-0.3, -0.25) is 4.79 Å². The molecular formula is C16H17ClN2O. The molecule has 0 unspecified atom stereocenters. The zero-order chi connectivity index (χ0) is 14.4. The number of carbonyl (C=O) groups is 1. The summed E-state index contributed by atoms with van der Waals surface area (Å²) in [5.41, 5.74) is 8.17. The first-order valence-corrected chi connectivity index (χ1v) is 6.89. The van der Waals surface area contributed by atoms with Crippen LogP contribution in [0.15, 0.2) is 48.5 Å². The van der Waals surface area contributed by atoms with E-state index in [2.05, 4.69) is 5.32 Å². The fraction of sp³-hybridized carbons (Fsp3) is 0.188. The average Bonchev–Trinajstić information content (AvgIpc) is 2.47. The highest BCUT2D eigenvalue weighted by atomic mass is 35.5. The largest absolute Gasteiger partial charge is 0.348 e. The van der Waals surface area contributed by atoms with Crippen LogP contribution in [-0.2, 0) is 13.0 Å². The Balaban J connectivity index is 1.96. The van der Waals surface area contributed by atoms with Crippen molar-refractivity contribution in [3.05, 3.63) is 70.2 Å². The molecule has 2 aromatic carbocycles. The van der Waals surface area contributed by atoms with Gasteiger partial charge in [-0.1, -0.05) is 41.9 Å². The summed E-state index contributed by atoms with van der Waals surface area (Å²) in [6, 6.07) is 14.9. The van der Waals surface area contributed by atoms with Crippen molar-refractivity contribution in [3.8, 4) is 0 Å². The zero-order valence-corrected chi connectivity index (χ0v) is 11.9. The average molecular weight is 289 g/mol. The molecule has 2 aromatic rings. The molecule has 0 heterocycles. The molecule has 0 aliphatic heterocycles. The number of carbonyl (C=O) groups excluding carboxylic acids is 1. The normalized spacial score (nSPS) is 10.3. The van der Waals surface area contributed by atoms with Gasteiger partial charge in [0.15, 0.2) is 0 Å². The van der Waals surface area contributed by atoms with E-state index < -0.39 is 0 Å². The molecule has 2 rings (SSSR count). The van der Waals surface area contributed by atoms with Gasteiger partial charge < -0.3 is 11.1 Å². The van der Waals surface area contributed by atoms with Gasteiger partial charge in [-0.05, 0) is 42.3 Å². The van der Waals surface area contributed by atoms with Gasteiger partial charge in [-0.25, -0.2) is 0 Å². The fourth-order valence-electron chi connectivity index (χ4n) is 1.91. The highest BCUT2D eigenvalue weighted by molar-refractivity contribution is 6.31. The molecule has 3 N–H and O–H groups in total. The smallest absolute Gasteiger partial charge is 0.251 e. The van der Waals surface area contributed by atoms with E-state index in [0.29, 0.717) is 23.7 Å². The molecule has 0 atom stereocenters. The Hall–Kier alpha value is -1.84. The van der Waals surface area contributed by atoms with E-state index in [1.165, 1.54) is 0 Å². The molecule has 4 heteroatoms. The second-order valence-electron chi connectivity index (χ2n) is 4.51. The monoisotopic (exact) mass is 288 g/mol. The van der Waals surface area contributed by atoms with Gasteiger partial charge in [0, 0.05) is 17.1 Å². The Morgan fingerprint density at radius 3 is 2.45 bits per heavy atom. The van der Waals surface area contributed by atoms with E-state index in [1.807, 2.05) is 48.5 Å². The minimum atomic E-state index is -0.107. The third-order valence-corrected chi connectivity index (χ3v) is 3.42. The summed E-state index contributed by atoms with van der Waals surface area (Å²) >= 11 is 6.05. The van der Waals surface area contributed by atoms with Crippen LogP contribution in [0.25, 0.3) is 0 Å². The maximum Gasteiger partial charge on any atom is 0.251 e. The lowest BCUT2D eigenvalue weighted by Gasteiger charge is -2.07. The van der Waals surface area contributed by atoms with Crippen molar-refractivity contribution < 1.29 is 4.79 Å². The second kappa shape index (κ2) is 7.08. The molecule has 104 valence electrons. The molecule has 0 spiro atoms. The number of amides is 1. The van der Waals surface area contributed by atoms with Crippen LogP contribution in [0.5, 0.6) is 0 Å². The van der Waals surface area contributed by atoms with Crippen molar-refractivity contribution in [1.82, 2.24) is 5.32 Å². The van der Waals surface area contributed by atoms with E-state index in [0.717, 1.165) is 17.5 Å². The highest BCUT2D eigenvalue weighted by Gasteiger charge is 2.06. The summed E-state index contributed by atoms with van der Waals surface area (Å²) in [5, 5.41) is 3.52. The predicted molar refractivity (Wildman–Crippen MR) is 81.8 cm³/mol. The summed E-state index contributed by atoms with van der Waals surface area (Å²) in [6.07, 6.45) is 0.821. The SMILES string of the molecule is NCCc1ccc(C(=O)NCc2ccccc2Cl)cc1. The van der Waals surface area contributed by atoms with Crippen LogP contribution in [0.2, 0.25) is 5.02 Å². The van der Waals surface area contributed by atoms with Crippen LogP contribution in [0, 0.1) is 0 Å². The van der Waals surface area contributed by atoms with Crippen LogP contribution in [-0.4, -0.2) is 12.5 Å². The van der Waals surface area contributed by atoms with E-state index in [9.17, 15) is 4.79 Å². The first-order chi connectivity index (χ1) is 9.70. The topological polar surface area (TPSA) is 55.1 Å². The lowest BCUT2D eigenvalue weighted by molar-refractivity contribution is 0.0951. The van der Waals surface area contributed by atoms with E-state index in [4.69, 9.17) is 17.3 Å². The summed E-state index contributed by atoms with van der Waals surface area (Å²) in [4.78, 5) is 12.0. The molecule has 20 heavy (non-hydrogen) atoms. The number of hydrogen-bond acceptors (Lipinski definition) is 2. The predicted octanol–water partition coefficient (Wildman–Crippen LogP) is 2.77. The van der Waals surface area contributed by atoms with E-state index in [1.54, 1.807) is 0 Å². The minimum Gasteiger partial charge on any atom is -0.348 e. The van der Waals surface area contributed by atoms with Crippen LogP contribution in [0.3, 0.4) is 0 Å². The molecule has 1 amide bonds. The fourth-order valence-corrected chi connectivity index (χ4v) is 2.11. The number of nitrogens with one attached hydrogen (secondary N) is 1. The molecule has 3 nitrogen and oxygen atoms in total. The zero-order valence-electron chi connectivity index (χ0n) is 11.1. The van der Waals surface area contributed by atoms with Crippen molar-refractivity contribution in [1.29, 1.82) is 0 Å². The number of hydrogen-bond donors (Lipinski definition) is 2. The Morgan fingerprint density at radius 1 is 1.10 bits per heavy atom. The Kier molecular flexibility index (Phi) is 5.16. The van der Waals surface area contributed by atoms with E-state index >= 15 is 0 Å². The number of benzene rings is 2. The molecule has 0 bridgehead atoms. The van der Waals surface area contributed by atoms with Gasteiger partial charge in [-0.2, -0.15) is 0 Å². The van der Waals surface area contributed by atoms with Crippen molar-refractivity contribution in [2.24, 2.45) is 5.73 Å². The first kappa shape index (κ1) is 14.6. The first-order valence-electron chi connectivity index (χ1n) is 6.51. The van der Waals surface area contributed by atoms with Crippen LogP contribution in [0.1, 0.15) is 21.5 Å².